The highest BCUT2D eigenvalue weighted by molar-refractivity contribution is 5.84. The second-order valence-corrected chi connectivity index (χ2v) is 6.62. The van der Waals surface area contributed by atoms with E-state index in [0.717, 1.165) is 37.2 Å². The normalized spacial score (nSPS) is 16.0. The van der Waals surface area contributed by atoms with Crippen LogP contribution in [-0.4, -0.2) is 15.5 Å². The highest BCUT2D eigenvalue weighted by Crippen LogP contribution is 2.43. The molecule has 1 fully saturated rings. The number of carbonyl (C=O) groups is 1. The quantitative estimate of drug-likeness (QED) is 0.834. The van der Waals surface area contributed by atoms with Crippen LogP contribution in [0.3, 0.4) is 0 Å². The Kier molecular flexibility index (Phi) is 4.33. The minimum atomic E-state index is -0.279. The zero-order valence-corrected chi connectivity index (χ0v) is 13.6. The zero-order valence-electron chi connectivity index (χ0n) is 13.6. The van der Waals surface area contributed by atoms with Crippen molar-refractivity contribution in [2.75, 3.05) is 0 Å². The number of rotatable bonds is 6. The molecule has 23 heavy (non-hydrogen) atoms. The summed E-state index contributed by atoms with van der Waals surface area (Å²) >= 11 is 0. The van der Waals surface area contributed by atoms with Crippen molar-refractivity contribution in [1.29, 1.82) is 0 Å². The molecule has 1 N–H and O–H groups in total. The summed E-state index contributed by atoms with van der Waals surface area (Å²) in [5.74, 6) is 0.999. The summed E-state index contributed by atoms with van der Waals surface area (Å²) in [6.45, 7) is 7.26. The minimum absolute atomic E-state index is 0.0995. The molecule has 1 amide bonds. The highest BCUT2D eigenvalue weighted by atomic mass is 16.2. The lowest BCUT2D eigenvalue weighted by atomic mass is 9.67. The summed E-state index contributed by atoms with van der Waals surface area (Å²) in [5, 5.41) is 3.02. The molecule has 0 atom stereocenters. The van der Waals surface area contributed by atoms with Crippen molar-refractivity contribution in [1.82, 2.24) is 14.9 Å². The number of aryl methyl sites for hydroxylation is 2. The maximum Gasteiger partial charge on any atom is 0.226 e. The standard InChI is InChI=1S/C19H23N3O/c1-15-12-19(2,13-15)18(23)21-14-17-20-9-11-22(17)10-8-16-6-4-3-5-7-16/h3-7,9,11H,1,8,10,12-14H2,2H3,(H,21,23). The number of allylic oxidation sites excluding steroid dienone is 1. The molecule has 1 aliphatic carbocycles. The molecule has 1 heterocycles. The van der Waals surface area contributed by atoms with Crippen molar-refractivity contribution in [3.63, 3.8) is 0 Å². The third-order valence-electron chi connectivity index (χ3n) is 4.52. The third-order valence-corrected chi connectivity index (χ3v) is 4.52. The van der Waals surface area contributed by atoms with Gasteiger partial charge < -0.3 is 9.88 Å². The van der Waals surface area contributed by atoms with Crippen molar-refractivity contribution in [2.45, 2.75) is 39.3 Å². The van der Waals surface area contributed by atoms with Gasteiger partial charge in [-0.3, -0.25) is 4.79 Å². The van der Waals surface area contributed by atoms with Crippen molar-refractivity contribution in [2.24, 2.45) is 5.41 Å². The first kappa shape index (κ1) is 15.5. The lowest BCUT2D eigenvalue weighted by Gasteiger charge is -2.38. The third kappa shape index (κ3) is 3.52. The number of benzene rings is 1. The lowest BCUT2D eigenvalue weighted by molar-refractivity contribution is -0.132. The van der Waals surface area contributed by atoms with Crippen LogP contribution in [0, 0.1) is 5.41 Å². The molecule has 0 spiro atoms. The summed E-state index contributed by atoms with van der Waals surface area (Å²) < 4.78 is 2.11. The molecule has 0 aliphatic heterocycles. The van der Waals surface area contributed by atoms with E-state index < -0.39 is 0 Å². The Morgan fingerprint density at radius 1 is 1.35 bits per heavy atom. The van der Waals surface area contributed by atoms with Gasteiger partial charge in [-0.2, -0.15) is 0 Å². The SMILES string of the molecule is C=C1CC(C)(C(=O)NCc2nccn2CCc2ccccc2)C1. The predicted octanol–water partition coefficient (Wildman–Crippen LogP) is 3.10. The fourth-order valence-electron chi connectivity index (χ4n) is 3.19. The molecule has 0 saturated heterocycles. The molecule has 1 aliphatic rings. The summed E-state index contributed by atoms with van der Waals surface area (Å²) in [4.78, 5) is 16.7. The summed E-state index contributed by atoms with van der Waals surface area (Å²) in [5.41, 5.74) is 2.18. The molecule has 4 nitrogen and oxygen atoms in total. The van der Waals surface area contributed by atoms with Crippen LogP contribution in [0.5, 0.6) is 0 Å². The van der Waals surface area contributed by atoms with E-state index in [1.807, 2.05) is 19.2 Å². The van der Waals surface area contributed by atoms with Gasteiger partial charge in [-0.05, 0) is 24.8 Å². The Bertz CT molecular complexity index is 694. The second-order valence-electron chi connectivity index (χ2n) is 6.62. The molecule has 0 unspecified atom stereocenters. The van der Waals surface area contributed by atoms with Gasteiger partial charge in [0.1, 0.15) is 5.82 Å². The Labute approximate surface area is 137 Å². The number of hydrogen-bond acceptors (Lipinski definition) is 2. The van der Waals surface area contributed by atoms with Crippen molar-refractivity contribution in [3.05, 3.63) is 66.3 Å². The lowest BCUT2D eigenvalue weighted by Crippen LogP contribution is -2.44. The fourth-order valence-corrected chi connectivity index (χ4v) is 3.19. The molecule has 4 heteroatoms. The van der Waals surface area contributed by atoms with Crippen molar-refractivity contribution < 1.29 is 4.79 Å². The summed E-state index contributed by atoms with van der Waals surface area (Å²) in [7, 11) is 0. The molecule has 120 valence electrons. The van der Waals surface area contributed by atoms with E-state index in [-0.39, 0.29) is 11.3 Å². The van der Waals surface area contributed by atoms with E-state index in [1.165, 1.54) is 5.56 Å². The van der Waals surface area contributed by atoms with Gasteiger partial charge in [-0.25, -0.2) is 4.98 Å². The van der Waals surface area contributed by atoms with Crippen LogP contribution in [-0.2, 0) is 24.3 Å². The highest BCUT2D eigenvalue weighted by Gasteiger charge is 2.41. The summed E-state index contributed by atoms with van der Waals surface area (Å²) in [6.07, 6.45) is 6.30. The van der Waals surface area contributed by atoms with Crippen LogP contribution in [0.25, 0.3) is 0 Å². The number of aromatic nitrogens is 2. The van der Waals surface area contributed by atoms with Gasteiger partial charge in [0.25, 0.3) is 0 Å². The largest absolute Gasteiger partial charge is 0.348 e. The minimum Gasteiger partial charge on any atom is -0.348 e. The van der Waals surface area contributed by atoms with E-state index in [9.17, 15) is 4.79 Å². The molecule has 3 rings (SSSR count). The van der Waals surface area contributed by atoms with Gasteiger partial charge in [-0.15, -0.1) is 0 Å². The van der Waals surface area contributed by atoms with Crippen molar-refractivity contribution >= 4 is 5.91 Å². The van der Waals surface area contributed by atoms with E-state index in [2.05, 4.69) is 45.7 Å². The molecule has 1 aromatic carbocycles. The Morgan fingerprint density at radius 3 is 2.78 bits per heavy atom. The molecule has 0 bridgehead atoms. The predicted molar refractivity (Wildman–Crippen MR) is 90.7 cm³/mol. The van der Waals surface area contributed by atoms with Gasteiger partial charge in [-0.1, -0.05) is 49.4 Å². The first-order valence-electron chi connectivity index (χ1n) is 8.06. The maximum atomic E-state index is 12.3. The van der Waals surface area contributed by atoms with Gasteiger partial charge in [0, 0.05) is 18.9 Å². The van der Waals surface area contributed by atoms with E-state index in [0.29, 0.717) is 6.54 Å². The molecular formula is C19H23N3O. The van der Waals surface area contributed by atoms with Crippen LogP contribution in [0.1, 0.15) is 31.2 Å². The second kappa shape index (κ2) is 6.41. The molecule has 0 radical (unpaired) electrons. The number of hydrogen-bond donors (Lipinski definition) is 1. The summed E-state index contributed by atoms with van der Waals surface area (Å²) in [6, 6.07) is 10.4. The van der Waals surface area contributed by atoms with E-state index in [4.69, 9.17) is 0 Å². The Morgan fingerprint density at radius 2 is 2.09 bits per heavy atom. The van der Waals surface area contributed by atoms with Gasteiger partial charge in [0.2, 0.25) is 5.91 Å². The van der Waals surface area contributed by atoms with E-state index >= 15 is 0 Å². The molecule has 1 aromatic heterocycles. The average Bonchev–Trinajstić information content (AvgIpc) is 2.97. The van der Waals surface area contributed by atoms with Crippen LogP contribution in [0.15, 0.2) is 54.9 Å². The monoisotopic (exact) mass is 309 g/mol. The fraction of sp³-hybridized carbons (Fsp3) is 0.368. The first-order valence-corrected chi connectivity index (χ1v) is 8.06. The van der Waals surface area contributed by atoms with Crippen LogP contribution < -0.4 is 5.32 Å². The number of nitrogens with zero attached hydrogens (tertiary/aromatic N) is 2. The number of imidazole rings is 1. The van der Waals surface area contributed by atoms with Gasteiger partial charge in [0.15, 0.2) is 0 Å². The molecule has 1 saturated carbocycles. The average molecular weight is 309 g/mol. The first-order chi connectivity index (χ1) is 11.1. The van der Waals surface area contributed by atoms with Gasteiger partial charge >= 0.3 is 0 Å². The Balaban J connectivity index is 1.54. The van der Waals surface area contributed by atoms with Crippen LogP contribution >= 0.6 is 0 Å². The maximum absolute atomic E-state index is 12.3. The molecular weight excluding hydrogens is 286 g/mol. The number of nitrogens with one attached hydrogen (secondary N) is 1. The van der Waals surface area contributed by atoms with Crippen LogP contribution in [0.2, 0.25) is 0 Å². The molecule has 2 aromatic rings. The topological polar surface area (TPSA) is 46.9 Å². The number of carbonyl (C=O) groups excluding carboxylic acids is 1. The Hall–Kier alpha value is -2.36. The number of amides is 1. The van der Waals surface area contributed by atoms with Crippen molar-refractivity contribution in [3.8, 4) is 0 Å². The zero-order chi connectivity index (χ0) is 16.3. The smallest absolute Gasteiger partial charge is 0.226 e. The van der Waals surface area contributed by atoms with Crippen LogP contribution in [0.4, 0.5) is 0 Å². The van der Waals surface area contributed by atoms with E-state index in [1.54, 1.807) is 6.20 Å². The van der Waals surface area contributed by atoms with Gasteiger partial charge in [0.05, 0.1) is 12.0 Å².